The van der Waals surface area contributed by atoms with Crippen molar-refractivity contribution in [3.05, 3.63) is 34.2 Å². The van der Waals surface area contributed by atoms with Gasteiger partial charge in [-0.05, 0) is 25.3 Å². The Morgan fingerprint density at radius 1 is 1.50 bits per heavy atom. The number of amides is 1. The van der Waals surface area contributed by atoms with Crippen LogP contribution in [0, 0.1) is 5.41 Å². The summed E-state index contributed by atoms with van der Waals surface area (Å²) < 4.78 is 0. The number of aromatic amines is 1. The number of nitrogens with one attached hydrogen (secondary N) is 1. The summed E-state index contributed by atoms with van der Waals surface area (Å²) in [6.07, 6.45) is 3.15. The molecule has 1 fully saturated rings. The summed E-state index contributed by atoms with van der Waals surface area (Å²) in [7, 11) is 0. The lowest BCUT2D eigenvalue weighted by molar-refractivity contribution is -0.152. The summed E-state index contributed by atoms with van der Waals surface area (Å²) in [5, 5.41) is 9.41. The van der Waals surface area contributed by atoms with E-state index in [4.69, 9.17) is 0 Å². The number of nitrogens with zero attached hydrogens (tertiary/aromatic N) is 1. The highest BCUT2D eigenvalue weighted by atomic mass is 16.4. The number of carbonyl (C=O) groups excluding carboxylic acids is 1. The second kappa shape index (κ2) is 5.48. The fourth-order valence-corrected chi connectivity index (χ4v) is 2.68. The predicted octanol–water partition coefficient (Wildman–Crippen LogP) is 1.09. The molecule has 20 heavy (non-hydrogen) atoms. The Hall–Kier alpha value is -2.11. The van der Waals surface area contributed by atoms with Crippen LogP contribution in [0.4, 0.5) is 0 Å². The maximum Gasteiger partial charge on any atom is 0.311 e. The van der Waals surface area contributed by atoms with Crippen molar-refractivity contribution in [1.29, 1.82) is 0 Å². The Labute approximate surface area is 116 Å². The largest absolute Gasteiger partial charge is 0.481 e. The van der Waals surface area contributed by atoms with Gasteiger partial charge in [0.05, 0.1) is 5.41 Å². The number of hydrogen-bond acceptors (Lipinski definition) is 3. The van der Waals surface area contributed by atoms with Crippen LogP contribution in [-0.2, 0) is 4.79 Å². The van der Waals surface area contributed by atoms with E-state index in [0.29, 0.717) is 31.4 Å². The van der Waals surface area contributed by atoms with Crippen molar-refractivity contribution in [2.24, 2.45) is 5.41 Å². The number of aliphatic carboxylic acids is 1. The molecule has 1 aromatic rings. The Balaban J connectivity index is 2.23. The Morgan fingerprint density at radius 3 is 2.85 bits per heavy atom. The number of carbonyl (C=O) groups is 2. The number of hydrogen-bond donors (Lipinski definition) is 2. The third-order valence-electron chi connectivity index (χ3n) is 4.02. The predicted molar refractivity (Wildman–Crippen MR) is 72.6 cm³/mol. The van der Waals surface area contributed by atoms with Crippen LogP contribution in [0.15, 0.2) is 23.1 Å². The normalized spacial score (nSPS) is 22.6. The summed E-state index contributed by atoms with van der Waals surface area (Å²) in [5.74, 6) is -1.14. The molecule has 6 nitrogen and oxygen atoms in total. The average molecular weight is 278 g/mol. The Morgan fingerprint density at radius 2 is 2.25 bits per heavy atom. The molecule has 1 aliphatic heterocycles. The summed E-state index contributed by atoms with van der Waals surface area (Å²) in [5.41, 5.74) is -0.909. The summed E-state index contributed by atoms with van der Waals surface area (Å²) in [6, 6.07) is 2.78. The van der Waals surface area contributed by atoms with Crippen LogP contribution in [0.3, 0.4) is 0 Å². The summed E-state index contributed by atoms with van der Waals surface area (Å²) in [4.78, 5) is 39.1. The number of piperidine rings is 1. The lowest BCUT2D eigenvalue weighted by Gasteiger charge is -2.39. The molecule has 1 saturated heterocycles. The zero-order valence-corrected chi connectivity index (χ0v) is 11.4. The highest BCUT2D eigenvalue weighted by Crippen LogP contribution is 2.34. The average Bonchev–Trinajstić information content (AvgIpc) is 2.46. The molecule has 0 bridgehead atoms. The van der Waals surface area contributed by atoms with Gasteiger partial charge in [-0.3, -0.25) is 14.4 Å². The van der Waals surface area contributed by atoms with Gasteiger partial charge in [0, 0.05) is 30.9 Å². The van der Waals surface area contributed by atoms with Gasteiger partial charge in [0.15, 0.2) is 0 Å². The van der Waals surface area contributed by atoms with Gasteiger partial charge in [-0.25, -0.2) is 0 Å². The van der Waals surface area contributed by atoms with Crippen molar-refractivity contribution in [1.82, 2.24) is 9.88 Å². The topological polar surface area (TPSA) is 90.5 Å². The number of pyridine rings is 1. The second-order valence-corrected chi connectivity index (χ2v) is 5.21. The maximum atomic E-state index is 12.4. The maximum absolute atomic E-state index is 12.4. The number of carboxylic acids is 1. The number of rotatable bonds is 3. The molecule has 0 spiro atoms. The number of aromatic nitrogens is 1. The first-order valence-electron chi connectivity index (χ1n) is 6.70. The van der Waals surface area contributed by atoms with Crippen LogP contribution in [0.25, 0.3) is 0 Å². The minimum atomic E-state index is -0.866. The minimum Gasteiger partial charge on any atom is -0.481 e. The Bertz CT molecular complexity index is 581. The van der Waals surface area contributed by atoms with Crippen molar-refractivity contribution < 1.29 is 14.7 Å². The quantitative estimate of drug-likeness (QED) is 0.866. The van der Waals surface area contributed by atoms with Gasteiger partial charge in [0.2, 0.25) is 5.56 Å². The zero-order valence-electron chi connectivity index (χ0n) is 11.4. The van der Waals surface area contributed by atoms with Crippen LogP contribution in [0.1, 0.15) is 36.5 Å². The fourth-order valence-electron chi connectivity index (χ4n) is 2.68. The minimum absolute atomic E-state index is 0.199. The monoisotopic (exact) mass is 278 g/mol. The van der Waals surface area contributed by atoms with Gasteiger partial charge in [-0.15, -0.1) is 0 Å². The molecule has 2 N–H and O–H groups in total. The standard InChI is InChI=1S/C14H18N2O4/c1-2-14(13(19)20)5-3-7-16(9-14)12(18)10-4-6-15-11(17)8-10/h4,6,8H,2-3,5,7,9H2,1H3,(H,15,17)(H,19,20). The molecule has 6 heteroatoms. The first-order valence-corrected chi connectivity index (χ1v) is 6.70. The molecular formula is C14H18N2O4. The molecule has 2 rings (SSSR count). The van der Waals surface area contributed by atoms with Gasteiger partial charge >= 0.3 is 5.97 Å². The van der Waals surface area contributed by atoms with E-state index in [-0.39, 0.29) is 18.0 Å². The van der Waals surface area contributed by atoms with Gasteiger partial charge < -0.3 is 15.0 Å². The molecular weight excluding hydrogens is 260 g/mol. The van der Waals surface area contributed by atoms with Crippen LogP contribution >= 0.6 is 0 Å². The van der Waals surface area contributed by atoms with Crippen LogP contribution in [-0.4, -0.2) is 40.0 Å². The third kappa shape index (κ3) is 2.59. The molecule has 1 aromatic heterocycles. The first-order chi connectivity index (χ1) is 9.48. The lowest BCUT2D eigenvalue weighted by Crippen LogP contribution is -2.49. The summed E-state index contributed by atoms with van der Waals surface area (Å²) >= 11 is 0. The first kappa shape index (κ1) is 14.3. The third-order valence-corrected chi connectivity index (χ3v) is 4.02. The van der Waals surface area contributed by atoms with Crippen LogP contribution in [0.5, 0.6) is 0 Å². The van der Waals surface area contributed by atoms with Gasteiger partial charge in [-0.2, -0.15) is 0 Å². The van der Waals surface area contributed by atoms with Crippen molar-refractivity contribution in [2.45, 2.75) is 26.2 Å². The molecule has 0 aromatic carbocycles. The van der Waals surface area contributed by atoms with E-state index in [1.54, 1.807) is 0 Å². The van der Waals surface area contributed by atoms with Crippen molar-refractivity contribution in [3.8, 4) is 0 Å². The Kier molecular flexibility index (Phi) is 3.92. The molecule has 0 saturated carbocycles. The van der Waals surface area contributed by atoms with E-state index in [1.807, 2.05) is 6.92 Å². The highest BCUT2D eigenvalue weighted by molar-refractivity contribution is 5.94. The molecule has 0 radical (unpaired) electrons. The van der Waals surface area contributed by atoms with Gasteiger partial charge in [0.1, 0.15) is 0 Å². The fraction of sp³-hybridized carbons (Fsp3) is 0.500. The van der Waals surface area contributed by atoms with E-state index >= 15 is 0 Å². The van der Waals surface area contributed by atoms with E-state index in [1.165, 1.54) is 23.2 Å². The highest BCUT2D eigenvalue weighted by Gasteiger charge is 2.42. The van der Waals surface area contributed by atoms with Crippen molar-refractivity contribution in [2.75, 3.05) is 13.1 Å². The SMILES string of the molecule is CCC1(C(=O)O)CCCN(C(=O)c2cc[nH]c(=O)c2)C1. The van der Waals surface area contributed by atoms with E-state index < -0.39 is 11.4 Å². The van der Waals surface area contributed by atoms with Gasteiger partial charge in [0.25, 0.3) is 5.91 Å². The van der Waals surface area contributed by atoms with E-state index in [0.717, 1.165) is 0 Å². The van der Waals surface area contributed by atoms with Crippen LogP contribution in [0.2, 0.25) is 0 Å². The van der Waals surface area contributed by atoms with Crippen LogP contribution < -0.4 is 5.56 Å². The molecule has 1 unspecified atom stereocenters. The molecule has 1 atom stereocenters. The van der Waals surface area contributed by atoms with E-state index in [2.05, 4.69) is 4.98 Å². The van der Waals surface area contributed by atoms with Crippen molar-refractivity contribution in [3.63, 3.8) is 0 Å². The van der Waals surface area contributed by atoms with E-state index in [9.17, 15) is 19.5 Å². The second-order valence-electron chi connectivity index (χ2n) is 5.21. The van der Waals surface area contributed by atoms with Crippen molar-refractivity contribution >= 4 is 11.9 Å². The molecule has 0 aliphatic carbocycles. The molecule has 1 aliphatic rings. The molecule has 1 amide bonds. The smallest absolute Gasteiger partial charge is 0.311 e. The number of likely N-dealkylation sites (tertiary alicyclic amines) is 1. The summed E-state index contributed by atoms with van der Waals surface area (Å²) in [6.45, 7) is 2.56. The molecule has 108 valence electrons. The number of H-pyrrole nitrogens is 1. The molecule has 2 heterocycles. The lowest BCUT2D eigenvalue weighted by atomic mass is 9.77. The number of carboxylic acid groups (broad SMARTS) is 1. The van der Waals surface area contributed by atoms with Gasteiger partial charge in [-0.1, -0.05) is 6.92 Å². The zero-order chi connectivity index (χ0) is 14.8.